The van der Waals surface area contributed by atoms with Gasteiger partial charge >= 0.3 is 5.97 Å². The van der Waals surface area contributed by atoms with Crippen LogP contribution in [-0.2, 0) is 4.79 Å². The fourth-order valence-electron chi connectivity index (χ4n) is 1.04. The van der Waals surface area contributed by atoms with Crippen molar-refractivity contribution in [2.24, 2.45) is 0 Å². The maximum absolute atomic E-state index is 11.3. The van der Waals surface area contributed by atoms with Gasteiger partial charge in [0.15, 0.2) is 0 Å². The Labute approximate surface area is 91.2 Å². The first-order valence-electron chi connectivity index (χ1n) is 4.28. The van der Waals surface area contributed by atoms with E-state index in [1.165, 1.54) is 17.4 Å². The highest BCUT2D eigenvalue weighted by Crippen LogP contribution is 2.23. The first-order chi connectivity index (χ1) is 7.04. The summed E-state index contributed by atoms with van der Waals surface area (Å²) in [6.07, 6.45) is 2.56. The van der Waals surface area contributed by atoms with Crippen molar-refractivity contribution >= 4 is 29.3 Å². The molecule has 1 rings (SSSR count). The largest absolute Gasteiger partial charge is 0.478 e. The lowest BCUT2D eigenvalue weighted by Crippen LogP contribution is -2.16. The van der Waals surface area contributed by atoms with Crippen LogP contribution >= 0.6 is 11.3 Å². The van der Waals surface area contributed by atoms with Crippen LogP contribution in [0.25, 0.3) is 6.08 Å². The van der Waals surface area contributed by atoms with Crippen LogP contribution in [0.3, 0.4) is 0 Å². The topological polar surface area (TPSA) is 66.4 Å². The van der Waals surface area contributed by atoms with Crippen molar-refractivity contribution in [1.29, 1.82) is 0 Å². The minimum atomic E-state index is -0.996. The molecule has 0 unspecified atom stereocenters. The number of carbonyl (C=O) groups excluding carboxylic acids is 1. The molecule has 0 aliphatic rings. The Balaban J connectivity index is 2.96. The SMILES string of the molecule is CNC(=O)c1cc(C)c(/C=C/C(=O)O)s1. The van der Waals surface area contributed by atoms with Gasteiger partial charge in [-0.2, -0.15) is 0 Å². The summed E-state index contributed by atoms with van der Waals surface area (Å²) in [4.78, 5) is 23.0. The Hall–Kier alpha value is -1.62. The van der Waals surface area contributed by atoms with E-state index in [1.807, 2.05) is 6.92 Å². The number of rotatable bonds is 3. The molecule has 0 fully saturated rings. The summed E-state index contributed by atoms with van der Waals surface area (Å²) in [5.41, 5.74) is 0.899. The maximum Gasteiger partial charge on any atom is 0.328 e. The van der Waals surface area contributed by atoms with Gasteiger partial charge in [-0.05, 0) is 24.6 Å². The van der Waals surface area contributed by atoms with Crippen molar-refractivity contribution in [2.75, 3.05) is 7.05 Å². The van der Waals surface area contributed by atoms with E-state index in [1.54, 1.807) is 13.1 Å². The number of aryl methyl sites for hydroxylation is 1. The van der Waals surface area contributed by atoms with Gasteiger partial charge in [0.25, 0.3) is 5.91 Å². The average molecular weight is 225 g/mol. The number of carboxylic acid groups (broad SMARTS) is 1. The molecule has 0 bridgehead atoms. The zero-order valence-electron chi connectivity index (χ0n) is 8.40. The standard InChI is InChI=1S/C10H11NO3S/c1-6-5-8(10(14)11-2)15-7(6)3-4-9(12)13/h3-5H,1-2H3,(H,11,14)(H,12,13)/b4-3+. The fourth-order valence-corrected chi connectivity index (χ4v) is 2.07. The van der Waals surface area contributed by atoms with Crippen LogP contribution in [0.5, 0.6) is 0 Å². The normalized spacial score (nSPS) is 10.5. The highest BCUT2D eigenvalue weighted by atomic mass is 32.1. The monoisotopic (exact) mass is 225 g/mol. The average Bonchev–Trinajstić information content (AvgIpc) is 2.55. The second-order valence-corrected chi connectivity index (χ2v) is 3.99. The highest BCUT2D eigenvalue weighted by Gasteiger charge is 2.09. The first-order valence-corrected chi connectivity index (χ1v) is 5.09. The van der Waals surface area contributed by atoms with E-state index in [4.69, 9.17) is 5.11 Å². The predicted molar refractivity (Wildman–Crippen MR) is 59.1 cm³/mol. The summed E-state index contributed by atoms with van der Waals surface area (Å²) < 4.78 is 0. The number of hydrogen-bond acceptors (Lipinski definition) is 3. The van der Waals surface area contributed by atoms with Gasteiger partial charge in [-0.15, -0.1) is 11.3 Å². The van der Waals surface area contributed by atoms with Crippen molar-refractivity contribution in [3.8, 4) is 0 Å². The van der Waals surface area contributed by atoms with E-state index < -0.39 is 5.97 Å². The molecular formula is C10H11NO3S. The minimum absolute atomic E-state index is 0.155. The van der Waals surface area contributed by atoms with Crippen LogP contribution in [-0.4, -0.2) is 24.0 Å². The van der Waals surface area contributed by atoms with Gasteiger partial charge in [0.1, 0.15) is 0 Å². The van der Waals surface area contributed by atoms with Gasteiger partial charge in [0.2, 0.25) is 0 Å². The zero-order valence-corrected chi connectivity index (χ0v) is 9.22. The molecule has 0 aliphatic heterocycles. The minimum Gasteiger partial charge on any atom is -0.478 e. The van der Waals surface area contributed by atoms with Gasteiger partial charge in [-0.3, -0.25) is 4.79 Å². The molecule has 0 aromatic carbocycles. The molecule has 80 valence electrons. The van der Waals surface area contributed by atoms with Crippen LogP contribution < -0.4 is 5.32 Å². The zero-order chi connectivity index (χ0) is 11.4. The van der Waals surface area contributed by atoms with E-state index in [-0.39, 0.29) is 5.91 Å². The number of carbonyl (C=O) groups is 2. The van der Waals surface area contributed by atoms with Crippen molar-refractivity contribution in [1.82, 2.24) is 5.32 Å². The number of aliphatic carboxylic acids is 1. The lowest BCUT2D eigenvalue weighted by Gasteiger charge is -1.91. The number of amides is 1. The summed E-state index contributed by atoms with van der Waals surface area (Å²) in [6.45, 7) is 1.84. The molecule has 0 spiro atoms. The van der Waals surface area contributed by atoms with Crippen LogP contribution in [0.1, 0.15) is 20.1 Å². The number of hydrogen-bond donors (Lipinski definition) is 2. The van der Waals surface area contributed by atoms with Crippen LogP contribution in [0.2, 0.25) is 0 Å². The Morgan fingerprint density at radius 1 is 1.53 bits per heavy atom. The molecule has 0 saturated heterocycles. The molecule has 15 heavy (non-hydrogen) atoms. The smallest absolute Gasteiger partial charge is 0.328 e. The van der Waals surface area contributed by atoms with Crippen molar-refractivity contribution in [3.05, 3.63) is 27.5 Å². The Kier molecular flexibility index (Phi) is 3.62. The molecule has 2 N–H and O–H groups in total. The Morgan fingerprint density at radius 3 is 2.73 bits per heavy atom. The number of nitrogens with one attached hydrogen (secondary N) is 1. The van der Waals surface area contributed by atoms with E-state index >= 15 is 0 Å². The second kappa shape index (κ2) is 4.75. The fraction of sp³-hybridized carbons (Fsp3) is 0.200. The van der Waals surface area contributed by atoms with E-state index in [0.717, 1.165) is 16.5 Å². The summed E-state index contributed by atoms with van der Waals surface area (Å²) >= 11 is 1.27. The third-order valence-electron chi connectivity index (χ3n) is 1.78. The Bertz CT molecular complexity index is 420. The van der Waals surface area contributed by atoms with Crippen LogP contribution in [0.4, 0.5) is 0 Å². The maximum atomic E-state index is 11.3. The molecule has 0 atom stereocenters. The van der Waals surface area contributed by atoms with Gasteiger partial charge in [0, 0.05) is 18.0 Å². The van der Waals surface area contributed by atoms with E-state index in [9.17, 15) is 9.59 Å². The van der Waals surface area contributed by atoms with E-state index in [0.29, 0.717) is 4.88 Å². The third-order valence-corrected chi connectivity index (χ3v) is 2.99. The van der Waals surface area contributed by atoms with Crippen molar-refractivity contribution < 1.29 is 14.7 Å². The molecule has 1 aromatic heterocycles. The Morgan fingerprint density at radius 2 is 2.20 bits per heavy atom. The molecule has 5 heteroatoms. The van der Waals surface area contributed by atoms with Gasteiger partial charge < -0.3 is 10.4 Å². The lowest BCUT2D eigenvalue weighted by atomic mass is 10.2. The van der Waals surface area contributed by atoms with Crippen LogP contribution in [0.15, 0.2) is 12.1 Å². The molecule has 0 radical (unpaired) electrons. The molecule has 1 heterocycles. The summed E-state index contributed by atoms with van der Waals surface area (Å²) in [5.74, 6) is -1.15. The molecule has 1 amide bonds. The van der Waals surface area contributed by atoms with Gasteiger partial charge in [-0.25, -0.2) is 4.79 Å². The van der Waals surface area contributed by atoms with Crippen molar-refractivity contribution in [2.45, 2.75) is 6.92 Å². The molecular weight excluding hydrogens is 214 g/mol. The summed E-state index contributed by atoms with van der Waals surface area (Å²) in [7, 11) is 1.56. The van der Waals surface area contributed by atoms with Gasteiger partial charge in [0.05, 0.1) is 4.88 Å². The number of carboxylic acids is 1. The summed E-state index contributed by atoms with van der Waals surface area (Å²) in [5, 5.41) is 11.0. The number of thiophene rings is 1. The van der Waals surface area contributed by atoms with E-state index in [2.05, 4.69) is 5.32 Å². The lowest BCUT2D eigenvalue weighted by molar-refractivity contribution is -0.131. The third kappa shape index (κ3) is 2.92. The second-order valence-electron chi connectivity index (χ2n) is 2.91. The predicted octanol–water partition coefficient (Wildman–Crippen LogP) is 1.51. The van der Waals surface area contributed by atoms with Crippen LogP contribution in [0, 0.1) is 6.92 Å². The highest BCUT2D eigenvalue weighted by molar-refractivity contribution is 7.15. The van der Waals surface area contributed by atoms with Gasteiger partial charge in [-0.1, -0.05) is 0 Å². The summed E-state index contributed by atoms with van der Waals surface area (Å²) in [6, 6.07) is 1.74. The molecule has 1 aromatic rings. The molecule has 4 nitrogen and oxygen atoms in total. The first kappa shape index (κ1) is 11.5. The molecule has 0 aliphatic carbocycles. The van der Waals surface area contributed by atoms with Crippen molar-refractivity contribution in [3.63, 3.8) is 0 Å². The molecule has 0 saturated carbocycles. The quantitative estimate of drug-likeness (QED) is 0.766.